The lowest BCUT2D eigenvalue weighted by molar-refractivity contribution is -0.124. The maximum Gasteiger partial charge on any atom is 0.338 e. The molecule has 0 aliphatic carbocycles. The summed E-state index contributed by atoms with van der Waals surface area (Å²) in [6.45, 7) is 3.63. The Morgan fingerprint density at radius 1 is 1.15 bits per heavy atom. The molecule has 2 rings (SSSR count). The third kappa shape index (κ3) is 6.00. The standard InChI is InChI=1S/C19H22N2O4S/c1-3-5-13(2)20-17(22)12-25-19(24)14-7-9-15(10-8-14)21-18(23)16-6-4-11-26-16/h4,6-11,13H,3,5,12H2,1-2H3,(H,20,22)(H,21,23). The van der Waals surface area contributed by atoms with Crippen LogP contribution in [0.4, 0.5) is 5.69 Å². The third-order valence-electron chi connectivity index (χ3n) is 3.59. The summed E-state index contributed by atoms with van der Waals surface area (Å²) in [6, 6.07) is 9.92. The van der Waals surface area contributed by atoms with Gasteiger partial charge in [-0.25, -0.2) is 4.79 Å². The summed E-state index contributed by atoms with van der Waals surface area (Å²) in [4.78, 5) is 36.3. The van der Waals surface area contributed by atoms with Crippen molar-refractivity contribution in [2.24, 2.45) is 0 Å². The molecule has 0 saturated carbocycles. The van der Waals surface area contributed by atoms with Gasteiger partial charge in [-0.3, -0.25) is 9.59 Å². The van der Waals surface area contributed by atoms with E-state index in [4.69, 9.17) is 4.74 Å². The van der Waals surface area contributed by atoms with Crippen LogP contribution in [0.3, 0.4) is 0 Å². The fourth-order valence-electron chi connectivity index (χ4n) is 2.33. The zero-order valence-electron chi connectivity index (χ0n) is 14.8. The SMILES string of the molecule is CCCC(C)NC(=O)COC(=O)c1ccc(NC(=O)c2cccs2)cc1. The number of thiophene rings is 1. The van der Waals surface area contributed by atoms with Crippen LogP contribution in [0, 0.1) is 0 Å². The summed E-state index contributed by atoms with van der Waals surface area (Å²) < 4.78 is 5.01. The summed E-state index contributed by atoms with van der Waals surface area (Å²) >= 11 is 1.35. The molecule has 1 aromatic carbocycles. The van der Waals surface area contributed by atoms with Gasteiger partial charge in [0.15, 0.2) is 6.61 Å². The van der Waals surface area contributed by atoms with Crippen LogP contribution >= 0.6 is 11.3 Å². The van der Waals surface area contributed by atoms with Gasteiger partial charge in [0.1, 0.15) is 0 Å². The molecular formula is C19H22N2O4S. The van der Waals surface area contributed by atoms with Crippen molar-refractivity contribution >= 4 is 34.8 Å². The quantitative estimate of drug-likeness (QED) is 0.693. The highest BCUT2D eigenvalue weighted by Gasteiger charge is 2.12. The van der Waals surface area contributed by atoms with E-state index < -0.39 is 5.97 Å². The van der Waals surface area contributed by atoms with Gasteiger partial charge in [0, 0.05) is 11.7 Å². The molecule has 6 nitrogen and oxygen atoms in total. The maximum atomic E-state index is 12.0. The number of esters is 1. The minimum atomic E-state index is -0.584. The smallest absolute Gasteiger partial charge is 0.338 e. The minimum Gasteiger partial charge on any atom is -0.452 e. The van der Waals surface area contributed by atoms with Crippen LogP contribution in [-0.2, 0) is 9.53 Å². The summed E-state index contributed by atoms with van der Waals surface area (Å²) in [7, 11) is 0. The first kappa shape index (κ1) is 19.7. The molecule has 1 unspecified atom stereocenters. The second-order valence-corrected chi connectivity index (χ2v) is 6.79. The topological polar surface area (TPSA) is 84.5 Å². The van der Waals surface area contributed by atoms with Crippen molar-refractivity contribution in [3.63, 3.8) is 0 Å². The van der Waals surface area contributed by atoms with Crippen molar-refractivity contribution < 1.29 is 19.1 Å². The molecule has 2 aromatic rings. The number of benzene rings is 1. The average molecular weight is 374 g/mol. The van der Waals surface area contributed by atoms with Crippen LogP contribution < -0.4 is 10.6 Å². The zero-order valence-corrected chi connectivity index (χ0v) is 15.6. The van der Waals surface area contributed by atoms with Crippen LogP contribution in [0.2, 0.25) is 0 Å². The lowest BCUT2D eigenvalue weighted by atomic mass is 10.2. The first-order valence-corrected chi connectivity index (χ1v) is 9.29. The van der Waals surface area contributed by atoms with E-state index in [0.29, 0.717) is 16.1 Å². The monoisotopic (exact) mass is 374 g/mol. The van der Waals surface area contributed by atoms with Crippen molar-refractivity contribution in [1.29, 1.82) is 0 Å². The number of hydrogen-bond donors (Lipinski definition) is 2. The number of ether oxygens (including phenoxy) is 1. The molecule has 0 bridgehead atoms. The highest BCUT2D eigenvalue weighted by Crippen LogP contribution is 2.14. The minimum absolute atomic E-state index is 0.0532. The highest BCUT2D eigenvalue weighted by molar-refractivity contribution is 7.12. The van der Waals surface area contributed by atoms with E-state index in [1.165, 1.54) is 11.3 Å². The second kappa shape index (κ2) is 9.72. The predicted octanol–water partition coefficient (Wildman–Crippen LogP) is 3.46. The summed E-state index contributed by atoms with van der Waals surface area (Å²) in [5.74, 6) is -1.10. The van der Waals surface area contributed by atoms with E-state index in [1.54, 1.807) is 36.4 Å². The molecule has 0 aliphatic rings. The first-order valence-electron chi connectivity index (χ1n) is 8.41. The fraction of sp³-hybridized carbons (Fsp3) is 0.316. The molecule has 26 heavy (non-hydrogen) atoms. The molecule has 0 saturated heterocycles. The molecule has 1 aromatic heterocycles. The van der Waals surface area contributed by atoms with Crippen molar-refractivity contribution in [3.05, 3.63) is 52.2 Å². The van der Waals surface area contributed by atoms with Gasteiger partial charge in [0.2, 0.25) is 0 Å². The predicted molar refractivity (Wildman–Crippen MR) is 102 cm³/mol. The molecule has 7 heteroatoms. The Morgan fingerprint density at radius 3 is 2.50 bits per heavy atom. The Kier molecular flexibility index (Phi) is 7.35. The van der Waals surface area contributed by atoms with Gasteiger partial charge in [-0.05, 0) is 49.1 Å². The van der Waals surface area contributed by atoms with Gasteiger partial charge < -0.3 is 15.4 Å². The Balaban J connectivity index is 1.82. The van der Waals surface area contributed by atoms with Gasteiger partial charge in [0.25, 0.3) is 11.8 Å². The number of carbonyl (C=O) groups is 3. The molecule has 0 aliphatic heterocycles. The number of anilines is 1. The van der Waals surface area contributed by atoms with E-state index in [0.717, 1.165) is 12.8 Å². The van der Waals surface area contributed by atoms with Crippen LogP contribution in [0.1, 0.15) is 46.7 Å². The van der Waals surface area contributed by atoms with Crippen LogP contribution in [0.15, 0.2) is 41.8 Å². The van der Waals surface area contributed by atoms with E-state index in [-0.39, 0.29) is 24.5 Å². The molecule has 0 fully saturated rings. The summed E-state index contributed by atoms with van der Waals surface area (Å²) in [5, 5.41) is 7.35. The first-order chi connectivity index (χ1) is 12.5. The number of hydrogen-bond acceptors (Lipinski definition) is 5. The molecular weight excluding hydrogens is 352 g/mol. The van der Waals surface area contributed by atoms with Crippen molar-refractivity contribution in [1.82, 2.24) is 5.32 Å². The third-order valence-corrected chi connectivity index (χ3v) is 4.46. The molecule has 2 amide bonds. The van der Waals surface area contributed by atoms with Crippen LogP contribution in [-0.4, -0.2) is 30.4 Å². The molecule has 0 spiro atoms. The van der Waals surface area contributed by atoms with Gasteiger partial charge >= 0.3 is 5.97 Å². The molecule has 1 heterocycles. The lowest BCUT2D eigenvalue weighted by Crippen LogP contribution is -2.35. The lowest BCUT2D eigenvalue weighted by Gasteiger charge is -2.12. The van der Waals surface area contributed by atoms with Crippen molar-refractivity contribution in [2.45, 2.75) is 32.7 Å². The summed E-state index contributed by atoms with van der Waals surface area (Å²) in [6.07, 6.45) is 1.84. The number of carbonyl (C=O) groups excluding carboxylic acids is 3. The highest BCUT2D eigenvalue weighted by atomic mass is 32.1. The molecule has 138 valence electrons. The molecule has 2 N–H and O–H groups in total. The van der Waals surface area contributed by atoms with E-state index in [9.17, 15) is 14.4 Å². The maximum absolute atomic E-state index is 12.0. The Hall–Kier alpha value is -2.67. The average Bonchev–Trinajstić information content (AvgIpc) is 3.15. The summed E-state index contributed by atoms with van der Waals surface area (Å²) in [5.41, 5.74) is 0.889. The van der Waals surface area contributed by atoms with Gasteiger partial charge in [-0.15, -0.1) is 11.3 Å². The normalized spacial score (nSPS) is 11.5. The number of rotatable bonds is 8. The molecule has 0 radical (unpaired) electrons. The second-order valence-electron chi connectivity index (χ2n) is 5.84. The van der Waals surface area contributed by atoms with Gasteiger partial charge in [-0.2, -0.15) is 0 Å². The van der Waals surface area contributed by atoms with Crippen molar-refractivity contribution in [3.8, 4) is 0 Å². The van der Waals surface area contributed by atoms with E-state index in [2.05, 4.69) is 10.6 Å². The largest absolute Gasteiger partial charge is 0.452 e. The van der Waals surface area contributed by atoms with Crippen LogP contribution in [0.5, 0.6) is 0 Å². The Bertz CT molecular complexity index is 741. The van der Waals surface area contributed by atoms with Crippen LogP contribution in [0.25, 0.3) is 0 Å². The van der Waals surface area contributed by atoms with E-state index >= 15 is 0 Å². The molecule has 1 atom stereocenters. The zero-order chi connectivity index (χ0) is 18.9. The fourth-order valence-corrected chi connectivity index (χ4v) is 2.95. The Labute approximate surface area is 156 Å². The Morgan fingerprint density at radius 2 is 1.88 bits per heavy atom. The van der Waals surface area contributed by atoms with E-state index in [1.807, 2.05) is 19.2 Å². The number of nitrogens with one attached hydrogen (secondary N) is 2. The number of amides is 2. The van der Waals surface area contributed by atoms with Crippen molar-refractivity contribution in [2.75, 3.05) is 11.9 Å². The van der Waals surface area contributed by atoms with Gasteiger partial charge in [-0.1, -0.05) is 19.4 Å². The van der Waals surface area contributed by atoms with Gasteiger partial charge in [0.05, 0.1) is 10.4 Å².